The maximum Gasteiger partial charge on any atom is 0.369 e. The van der Waals surface area contributed by atoms with Gasteiger partial charge in [0.25, 0.3) is 5.79 Å². The molecule has 20 heavy (non-hydrogen) atoms. The first-order chi connectivity index (χ1) is 9.08. The van der Waals surface area contributed by atoms with Gasteiger partial charge in [-0.15, -0.1) is 0 Å². The highest BCUT2D eigenvalue weighted by molar-refractivity contribution is 5.79. The van der Waals surface area contributed by atoms with Crippen LogP contribution in [0.15, 0.2) is 0 Å². The van der Waals surface area contributed by atoms with Crippen molar-refractivity contribution in [1.29, 1.82) is 0 Å². The van der Waals surface area contributed by atoms with Gasteiger partial charge in [0.05, 0.1) is 19.8 Å². The van der Waals surface area contributed by atoms with E-state index in [2.05, 4.69) is 0 Å². The van der Waals surface area contributed by atoms with E-state index in [0.717, 1.165) is 0 Å². The first-order valence-corrected chi connectivity index (χ1v) is 6.58. The largest absolute Gasteiger partial charge is 0.465 e. The molecular weight excluding hydrogens is 268 g/mol. The van der Waals surface area contributed by atoms with Crippen molar-refractivity contribution in [2.45, 2.75) is 63.7 Å². The molecule has 7 heteroatoms. The fraction of sp³-hybridized carbons (Fsp3) is 0.923. The van der Waals surface area contributed by atoms with E-state index in [1.807, 2.05) is 0 Å². The van der Waals surface area contributed by atoms with Gasteiger partial charge in [-0.05, 0) is 27.7 Å². The van der Waals surface area contributed by atoms with Crippen molar-refractivity contribution < 1.29 is 33.6 Å². The molecule has 0 aromatic rings. The van der Waals surface area contributed by atoms with Crippen molar-refractivity contribution in [3.8, 4) is 0 Å². The van der Waals surface area contributed by atoms with E-state index < -0.39 is 35.5 Å². The standard InChI is InChI=1S/C13H22O7/c1-11(2,15)17-7-8-6-9-13(18-8,10(14)16-5)20-12(3,4)19-9/h8-9,15H,6-7H2,1-5H3/t8-,9?,13?/m1/s1. The molecule has 0 aliphatic carbocycles. The molecule has 0 aromatic carbocycles. The van der Waals surface area contributed by atoms with E-state index in [1.54, 1.807) is 13.8 Å². The van der Waals surface area contributed by atoms with E-state index in [4.69, 9.17) is 23.7 Å². The molecule has 2 aliphatic heterocycles. The Morgan fingerprint density at radius 2 is 2.05 bits per heavy atom. The van der Waals surface area contributed by atoms with Gasteiger partial charge in [-0.1, -0.05) is 0 Å². The molecule has 2 heterocycles. The van der Waals surface area contributed by atoms with Crippen LogP contribution in [0.4, 0.5) is 0 Å². The quantitative estimate of drug-likeness (QED) is 0.597. The lowest BCUT2D eigenvalue weighted by atomic mass is 10.1. The Hall–Kier alpha value is -0.730. The molecule has 0 aromatic heterocycles. The number of fused-ring (bicyclic) bond motifs is 1. The number of rotatable bonds is 4. The summed E-state index contributed by atoms with van der Waals surface area (Å²) in [6.07, 6.45) is -0.545. The summed E-state index contributed by atoms with van der Waals surface area (Å²) in [5.74, 6) is -4.35. The molecule has 2 rings (SSSR count). The maximum atomic E-state index is 12.0. The summed E-state index contributed by atoms with van der Waals surface area (Å²) in [5, 5.41) is 9.55. The van der Waals surface area contributed by atoms with E-state index in [9.17, 15) is 9.90 Å². The molecule has 0 radical (unpaired) electrons. The van der Waals surface area contributed by atoms with Crippen LogP contribution < -0.4 is 0 Å². The predicted octanol–water partition coefficient (Wildman–Crippen LogP) is 0.541. The SMILES string of the molecule is COC(=O)C12O[C@@H](COC(C)(C)O)CC1OC(C)(C)O2. The third-order valence-corrected chi connectivity index (χ3v) is 3.16. The summed E-state index contributed by atoms with van der Waals surface area (Å²) in [7, 11) is 1.27. The molecule has 2 aliphatic rings. The Labute approximate surface area is 118 Å². The van der Waals surface area contributed by atoms with E-state index in [-0.39, 0.29) is 6.61 Å². The number of esters is 1. The zero-order valence-corrected chi connectivity index (χ0v) is 12.5. The van der Waals surface area contributed by atoms with Crippen LogP contribution in [0.1, 0.15) is 34.1 Å². The fourth-order valence-corrected chi connectivity index (χ4v) is 2.48. The fourth-order valence-electron chi connectivity index (χ4n) is 2.48. The Bertz CT molecular complexity index is 387. The van der Waals surface area contributed by atoms with Gasteiger partial charge in [0.1, 0.15) is 6.10 Å². The van der Waals surface area contributed by atoms with Crippen molar-refractivity contribution >= 4 is 5.97 Å². The summed E-state index contributed by atoms with van der Waals surface area (Å²) in [5.41, 5.74) is 0. The summed E-state index contributed by atoms with van der Waals surface area (Å²) in [6, 6.07) is 0. The molecule has 1 N–H and O–H groups in total. The third-order valence-electron chi connectivity index (χ3n) is 3.16. The molecule has 2 saturated heterocycles. The van der Waals surface area contributed by atoms with Gasteiger partial charge >= 0.3 is 5.97 Å². The van der Waals surface area contributed by atoms with Crippen molar-refractivity contribution in [2.75, 3.05) is 13.7 Å². The minimum Gasteiger partial charge on any atom is -0.465 e. The second-order valence-corrected chi connectivity index (χ2v) is 6.00. The monoisotopic (exact) mass is 290 g/mol. The van der Waals surface area contributed by atoms with Gasteiger partial charge in [-0.2, -0.15) is 0 Å². The zero-order valence-electron chi connectivity index (χ0n) is 12.5. The number of ether oxygens (including phenoxy) is 5. The maximum absolute atomic E-state index is 12.0. The zero-order chi connectivity index (χ0) is 15.2. The summed E-state index contributed by atoms with van der Waals surface area (Å²) in [6.45, 7) is 6.60. The number of hydrogen-bond acceptors (Lipinski definition) is 7. The lowest BCUT2D eigenvalue weighted by Crippen LogP contribution is -2.47. The molecule has 116 valence electrons. The van der Waals surface area contributed by atoms with Gasteiger partial charge < -0.3 is 28.8 Å². The third kappa shape index (κ3) is 2.96. The number of carbonyl (C=O) groups is 1. The van der Waals surface area contributed by atoms with Crippen LogP contribution in [-0.2, 0) is 28.5 Å². The summed E-state index contributed by atoms with van der Waals surface area (Å²) < 4.78 is 27.1. The Balaban J connectivity index is 2.08. The van der Waals surface area contributed by atoms with Crippen LogP contribution in [0.5, 0.6) is 0 Å². The first-order valence-electron chi connectivity index (χ1n) is 6.58. The minimum absolute atomic E-state index is 0.131. The van der Waals surface area contributed by atoms with Crippen LogP contribution in [-0.4, -0.2) is 54.4 Å². The van der Waals surface area contributed by atoms with Gasteiger partial charge in [0.2, 0.25) is 0 Å². The lowest BCUT2D eigenvalue weighted by Gasteiger charge is -2.27. The molecule has 7 nitrogen and oxygen atoms in total. The van der Waals surface area contributed by atoms with Crippen molar-refractivity contribution in [2.24, 2.45) is 0 Å². The van der Waals surface area contributed by atoms with Crippen LogP contribution in [0, 0.1) is 0 Å². The highest BCUT2D eigenvalue weighted by Gasteiger charge is 2.65. The normalized spacial score (nSPS) is 35.9. The van der Waals surface area contributed by atoms with E-state index in [0.29, 0.717) is 6.42 Å². The first kappa shape index (κ1) is 15.7. The second kappa shape index (κ2) is 4.92. The number of carbonyl (C=O) groups excluding carboxylic acids is 1. The number of methoxy groups -OCH3 is 1. The van der Waals surface area contributed by atoms with Crippen molar-refractivity contribution in [1.82, 2.24) is 0 Å². The molecule has 0 spiro atoms. The minimum atomic E-state index is -1.55. The van der Waals surface area contributed by atoms with Crippen LogP contribution in [0.25, 0.3) is 0 Å². The van der Waals surface area contributed by atoms with Gasteiger partial charge in [-0.25, -0.2) is 4.79 Å². The summed E-state index contributed by atoms with van der Waals surface area (Å²) >= 11 is 0. The molecule has 2 fully saturated rings. The van der Waals surface area contributed by atoms with Crippen LogP contribution in [0.3, 0.4) is 0 Å². The lowest BCUT2D eigenvalue weighted by molar-refractivity contribution is -0.272. The number of hydrogen-bond donors (Lipinski definition) is 1. The van der Waals surface area contributed by atoms with E-state index >= 15 is 0 Å². The molecule has 2 unspecified atom stereocenters. The van der Waals surface area contributed by atoms with Crippen LogP contribution >= 0.6 is 0 Å². The van der Waals surface area contributed by atoms with Gasteiger partial charge in [0.15, 0.2) is 11.6 Å². The Morgan fingerprint density at radius 3 is 2.60 bits per heavy atom. The van der Waals surface area contributed by atoms with Crippen molar-refractivity contribution in [3.63, 3.8) is 0 Å². The topological polar surface area (TPSA) is 83.5 Å². The van der Waals surface area contributed by atoms with E-state index in [1.165, 1.54) is 21.0 Å². The molecule has 0 saturated carbocycles. The Kier molecular flexibility index (Phi) is 3.85. The Morgan fingerprint density at radius 1 is 1.40 bits per heavy atom. The van der Waals surface area contributed by atoms with Gasteiger partial charge in [-0.3, -0.25) is 0 Å². The smallest absolute Gasteiger partial charge is 0.369 e. The number of aliphatic hydroxyl groups is 1. The average molecular weight is 290 g/mol. The highest BCUT2D eigenvalue weighted by atomic mass is 16.9. The second-order valence-electron chi connectivity index (χ2n) is 6.00. The highest BCUT2D eigenvalue weighted by Crippen LogP contribution is 2.46. The molecule has 3 atom stereocenters. The van der Waals surface area contributed by atoms with Crippen molar-refractivity contribution in [3.05, 3.63) is 0 Å². The molecular formula is C13H22O7. The molecule has 0 bridgehead atoms. The summed E-state index contributed by atoms with van der Waals surface area (Å²) in [4.78, 5) is 12.0. The predicted molar refractivity (Wildman–Crippen MR) is 66.5 cm³/mol. The average Bonchev–Trinajstić information content (AvgIpc) is 2.74. The van der Waals surface area contributed by atoms with Gasteiger partial charge in [0, 0.05) is 6.42 Å². The van der Waals surface area contributed by atoms with Crippen LogP contribution in [0.2, 0.25) is 0 Å². The molecule has 0 amide bonds.